The topological polar surface area (TPSA) is 65.4 Å². The molecule has 6 heteroatoms. The first kappa shape index (κ1) is 18.1. The Morgan fingerprint density at radius 3 is 2.61 bits per heavy atom. The van der Waals surface area contributed by atoms with Gasteiger partial charge >= 0.3 is 0 Å². The summed E-state index contributed by atoms with van der Waals surface area (Å²) in [6.07, 6.45) is 2.18. The Kier molecular flexibility index (Phi) is 4.55. The summed E-state index contributed by atoms with van der Waals surface area (Å²) in [6.45, 7) is 4.11. The van der Waals surface area contributed by atoms with Crippen LogP contribution in [0.5, 0.6) is 11.5 Å². The highest BCUT2D eigenvalue weighted by Crippen LogP contribution is 2.42. The molecule has 28 heavy (non-hydrogen) atoms. The van der Waals surface area contributed by atoms with Gasteiger partial charge in [0.1, 0.15) is 17.3 Å². The van der Waals surface area contributed by atoms with E-state index >= 15 is 0 Å². The summed E-state index contributed by atoms with van der Waals surface area (Å²) in [5, 5.41) is 7.60. The number of carbonyl (C=O) groups excluding carboxylic acids is 1. The first-order chi connectivity index (χ1) is 13.5. The van der Waals surface area contributed by atoms with Gasteiger partial charge in [0.05, 0.1) is 26.1 Å². The third-order valence-electron chi connectivity index (χ3n) is 5.22. The summed E-state index contributed by atoms with van der Waals surface area (Å²) in [5.74, 6) is 1.95. The van der Waals surface area contributed by atoms with E-state index in [2.05, 4.69) is 23.4 Å². The normalized spacial score (nSPS) is 15.7. The van der Waals surface area contributed by atoms with E-state index < -0.39 is 0 Å². The van der Waals surface area contributed by atoms with Gasteiger partial charge in [-0.2, -0.15) is 5.10 Å². The lowest BCUT2D eigenvalue weighted by Gasteiger charge is -2.25. The molecule has 3 aromatic rings. The Labute approximate surface area is 164 Å². The molecule has 1 unspecified atom stereocenters. The number of ether oxygens (including phenoxy) is 2. The molecule has 0 radical (unpaired) electrons. The van der Waals surface area contributed by atoms with Crippen molar-refractivity contribution < 1.29 is 14.3 Å². The summed E-state index contributed by atoms with van der Waals surface area (Å²) in [5.41, 5.74) is 5.16. The highest BCUT2D eigenvalue weighted by atomic mass is 16.5. The average molecular weight is 377 g/mol. The monoisotopic (exact) mass is 377 g/mol. The Morgan fingerprint density at radius 1 is 1.07 bits per heavy atom. The van der Waals surface area contributed by atoms with E-state index in [9.17, 15) is 4.79 Å². The molecule has 2 aromatic carbocycles. The second-order valence-electron chi connectivity index (χ2n) is 7.06. The molecule has 2 heterocycles. The lowest BCUT2D eigenvalue weighted by atomic mass is 9.86. The highest BCUT2D eigenvalue weighted by molar-refractivity contribution is 5.94. The van der Waals surface area contributed by atoms with Crippen molar-refractivity contribution in [1.82, 2.24) is 9.78 Å². The van der Waals surface area contributed by atoms with Gasteiger partial charge in [0.2, 0.25) is 5.91 Å². The van der Waals surface area contributed by atoms with Gasteiger partial charge in [-0.25, -0.2) is 4.68 Å². The number of anilines is 1. The molecule has 1 aromatic heterocycles. The van der Waals surface area contributed by atoms with Crippen LogP contribution in [0.2, 0.25) is 0 Å². The second kappa shape index (κ2) is 7.03. The van der Waals surface area contributed by atoms with E-state index in [0.717, 1.165) is 22.4 Å². The number of benzene rings is 2. The third-order valence-corrected chi connectivity index (χ3v) is 5.22. The Morgan fingerprint density at radius 2 is 1.89 bits per heavy atom. The summed E-state index contributed by atoms with van der Waals surface area (Å²) in [4.78, 5) is 12.5. The van der Waals surface area contributed by atoms with E-state index in [4.69, 9.17) is 9.47 Å². The Hall–Kier alpha value is -3.28. The predicted octanol–water partition coefficient (Wildman–Crippen LogP) is 3.98. The van der Waals surface area contributed by atoms with Crippen LogP contribution in [0, 0.1) is 13.8 Å². The number of fused-ring (bicyclic) bond motifs is 1. The molecular formula is C22H23N3O3. The molecule has 1 aliphatic rings. The lowest BCUT2D eigenvalue weighted by Crippen LogP contribution is -2.25. The number of nitrogens with one attached hydrogen (secondary N) is 1. The predicted molar refractivity (Wildman–Crippen MR) is 108 cm³/mol. The first-order valence-corrected chi connectivity index (χ1v) is 9.19. The Balaban J connectivity index is 1.83. The Bertz CT molecular complexity index is 1060. The largest absolute Gasteiger partial charge is 0.497 e. The maximum absolute atomic E-state index is 12.5. The summed E-state index contributed by atoms with van der Waals surface area (Å²) in [7, 11) is 3.25. The maximum atomic E-state index is 12.5. The van der Waals surface area contributed by atoms with Crippen LogP contribution in [0.4, 0.5) is 5.82 Å². The number of methoxy groups -OCH3 is 2. The molecule has 0 saturated carbocycles. The number of hydrogen-bond donors (Lipinski definition) is 1. The lowest BCUT2D eigenvalue weighted by molar-refractivity contribution is -0.116. The minimum Gasteiger partial charge on any atom is -0.497 e. The van der Waals surface area contributed by atoms with Crippen molar-refractivity contribution in [3.63, 3.8) is 0 Å². The van der Waals surface area contributed by atoms with E-state index in [1.165, 1.54) is 5.56 Å². The van der Waals surface area contributed by atoms with Gasteiger partial charge in [-0.05, 0) is 31.5 Å². The van der Waals surface area contributed by atoms with Crippen LogP contribution in [0.15, 0.2) is 42.6 Å². The van der Waals surface area contributed by atoms with Gasteiger partial charge in [-0.3, -0.25) is 4.79 Å². The van der Waals surface area contributed by atoms with Gasteiger partial charge in [-0.1, -0.05) is 23.8 Å². The fraction of sp³-hybridized carbons (Fsp3) is 0.273. The van der Waals surface area contributed by atoms with Gasteiger partial charge < -0.3 is 14.8 Å². The molecule has 1 N–H and O–H groups in total. The van der Waals surface area contributed by atoms with E-state index in [1.54, 1.807) is 14.2 Å². The van der Waals surface area contributed by atoms with Crippen LogP contribution in [0.1, 0.15) is 34.6 Å². The summed E-state index contributed by atoms with van der Waals surface area (Å²) < 4.78 is 12.7. The molecule has 0 fully saturated rings. The van der Waals surface area contributed by atoms with Crippen molar-refractivity contribution in [2.45, 2.75) is 26.2 Å². The van der Waals surface area contributed by atoms with Crippen molar-refractivity contribution >= 4 is 11.7 Å². The number of amides is 1. The van der Waals surface area contributed by atoms with Crippen LogP contribution in [0.3, 0.4) is 0 Å². The zero-order valence-corrected chi connectivity index (χ0v) is 16.4. The van der Waals surface area contributed by atoms with Crippen molar-refractivity contribution in [3.05, 3.63) is 64.8 Å². The first-order valence-electron chi connectivity index (χ1n) is 9.19. The number of nitrogens with zero attached hydrogens (tertiary/aromatic N) is 2. The molecule has 0 spiro atoms. The second-order valence-corrected chi connectivity index (χ2v) is 7.06. The van der Waals surface area contributed by atoms with E-state index in [0.29, 0.717) is 23.7 Å². The highest BCUT2D eigenvalue weighted by Gasteiger charge is 2.32. The smallest absolute Gasteiger partial charge is 0.226 e. The van der Waals surface area contributed by atoms with Crippen LogP contribution < -0.4 is 14.8 Å². The molecule has 1 atom stereocenters. The molecule has 0 aliphatic carbocycles. The number of rotatable bonds is 4. The van der Waals surface area contributed by atoms with Crippen LogP contribution in [-0.4, -0.2) is 29.9 Å². The fourth-order valence-electron chi connectivity index (χ4n) is 3.83. The molecule has 144 valence electrons. The zero-order valence-electron chi connectivity index (χ0n) is 16.4. The molecule has 1 amide bonds. The van der Waals surface area contributed by atoms with Gasteiger partial charge in [-0.15, -0.1) is 0 Å². The molecule has 4 rings (SSSR count). The van der Waals surface area contributed by atoms with Gasteiger partial charge in [0, 0.05) is 29.5 Å². The van der Waals surface area contributed by atoms with Crippen LogP contribution in [-0.2, 0) is 4.79 Å². The van der Waals surface area contributed by atoms with Crippen molar-refractivity contribution in [2.75, 3.05) is 19.5 Å². The van der Waals surface area contributed by atoms with Crippen molar-refractivity contribution in [2.24, 2.45) is 0 Å². The number of hydrogen-bond acceptors (Lipinski definition) is 4. The van der Waals surface area contributed by atoms with Crippen molar-refractivity contribution in [1.29, 1.82) is 0 Å². The number of aryl methyl sites for hydroxylation is 2. The molecule has 1 aliphatic heterocycles. The summed E-state index contributed by atoms with van der Waals surface area (Å²) >= 11 is 0. The molecule has 6 nitrogen and oxygen atoms in total. The molecular weight excluding hydrogens is 354 g/mol. The fourth-order valence-corrected chi connectivity index (χ4v) is 3.83. The van der Waals surface area contributed by atoms with Gasteiger partial charge in [0.25, 0.3) is 0 Å². The minimum absolute atomic E-state index is 0.0399. The average Bonchev–Trinajstić information content (AvgIpc) is 3.10. The summed E-state index contributed by atoms with van der Waals surface area (Å²) in [6, 6.07) is 11.9. The third kappa shape index (κ3) is 3.01. The van der Waals surface area contributed by atoms with E-state index in [-0.39, 0.29) is 11.8 Å². The standard InChI is InChI=1S/C22H23N3O3/c1-13-5-8-19(14(2)9-13)25-22-18(12-23-25)17(11-21(26)24-22)16-7-6-15(27-3)10-20(16)28-4/h5-10,12,17H,11H2,1-4H3,(H,24,26). The zero-order chi connectivity index (χ0) is 19.8. The van der Waals surface area contributed by atoms with Crippen LogP contribution in [0.25, 0.3) is 5.69 Å². The van der Waals surface area contributed by atoms with Crippen molar-refractivity contribution in [3.8, 4) is 17.2 Å². The molecule has 0 saturated heterocycles. The number of carbonyl (C=O) groups is 1. The quantitative estimate of drug-likeness (QED) is 0.747. The SMILES string of the molecule is COc1ccc(C2CC(=O)Nc3c2cnn3-c2ccc(C)cc2C)c(OC)c1. The number of aromatic nitrogens is 2. The van der Waals surface area contributed by atoms with Crippen LogP contribution >= 0.6 is 0 Å². The molecule has 0 bridgehead atoms. The minimum atomic E-state index is -0.135. The maximum Gasteiger partial charge on any atom is 0.226 e. The van der Waals surface area contributed by atoms with Gasteiger partial charge in [0.15, 0.2) is 0 Å². The van der Waals surface area contributed by atoms with E-state index in [1.807, 2.05) is 48.1 Å².